The number of halogens is 1. The molecule has 0 radical (unpaired) electrons. The van der Waals surface area contributed by atoms with Crippen molar-refractivity contribution in [1.29, 1.82) is 0 Å². The zero-order chi connectivity index (χ0) is 29.1. The molecule has 0 atom stereocenters. The zero-order valence-corrected chi connectivity index (χ0v) is 24.8. The third kappa shape index (κ3) is 5.82. The molecular formula is C34H28FN3O2S2. The molecule has 0 aliphatic rings. The monoisotopic (exact) mass is 593 g/mol. The minimum Gasteiger partial charge on any atom is -0.485 e. The Morgan fingerprint density at radius 1 is 0.857 bits per heavy atom. The molecule has 3 heterocycles. The number of thiophene rings is 1. The zero-order valence-electron chi connectivity index (χ0n) is 23.2. The molecule has 0 aliphatic carbocycles. The van der Waals surface area contributed by atoms with Crippen LogP contribution in [0.2, 0.25) is 0 Å². The lowest BCUT2D eigenvalue weighted by Gasteiger charge is -2.18. The summed E-state index contributed by atoms with van der Waals surface area (Å²) in [6.07, 6.45) is 0.613. The number of hydrogen-bond acceptors (Lipinski definition) is 6. The van der Waals surface area contributed by atoms with E-state index in [-0.39, 0.29) is 17.9 Å². The Morgan fingerprint density at radius 2 is 1.60 bits per heavy atom. The summed E-state index contributed by atoms with van der Waals surface area (Å²) in [6, 6.07) is 26.4. The first-order valence-corrected chi connectivity index (χ1v) is 15.4. The summed E-state index contributed by atoms with van der Waals surface area (Å²) in [5.41, 5.74) is 5.34. The van der Waals surface area contributed by atoms with Gasteiger partial charge in [-0.15, -0.1) is 22.7 Å². The summed E-state index contributed by atoms with van der Waals surface area (Å²) in [7, 11) is 0. The summed E-state index contributed by atoms with van der Waals surface area (Å²) in [5, 5.41) is 4.96. The minimum atomic E-state index is -0.504. The van der Waals surface area contributed by atoms with Gasteiger partial charge in [-0.3, -0.25) is 9.36 Å². The van der Waals surface area contributed by atoms with Crippen LogP contribution in [0.4, 0.5) is 4.39 Å². The Balaban J connectivity index is 1.46. The average molecular weight is 594 g/mol. The SMILES string of the molecule is Cc1csc(-c2csc(-c3c(C)nc(-c4cccc(F)c4OCc4ccccc4)n(CCc4ccccc4)c3=O)c2)n1. The van der Waals surface area contributed by atoms with Crippen LogP contribution >= 0.6 is 22.7 Å². The Hall–Kier alpha value is -4.40. The molecule has 6 aromatic rings. The van der Waals surface area contributed by atoms with Gasteiger partial charge in [0.15, 0.2) is 11.6 Å². The van der Waals surface area contributed by atoms with Crippen LogP contribution in [0.1, 0.15) is 22.5 Å². The molecule has 0 amide bonds. The van der Waals surface area contributed by atoms with Crippen LogP contribution < -0.4 is 10.3 Å². The number of aryl methyl sites for hydroxylation is 3. The molecule has 8 heteroatoms. The van der Waals surface area contributed by atoms with Crippen LogP contribution in [0.3, 0.4) is 0 Å². The number of para-hydroxylation sites is 1. The third-order valence-corrected chi connectivity index (χ3v) is 8.92. The van der Waals surface area contributed by atoms with Gasteiger partial charge in [-0.05, 0) is 49.6 Å². The van der Waals surface area contributed by atoms with Gasteiger partial charge in [0.05, 0.1) is 16.8 Å². The van der Waals surface area contributed by atoms with Crippen molar-refractivity contribution in [2.24, 2.45) is 0 Å². The largest absolute Gasteiger partial charge is 0.485 e. The van der Waals surface area contributed by atoms with Crippen LogP contribution in [-0.2, 0) is 19.6 Å². The molecule has 210 valence electrons. The average Bonchev–Trinajstić information content (AvgIpc) is 3.66. The molecule has 0 unspecified atom stereocenters. The Labute approximate surface area is 251 Å². The van der Waals surface area contributed by atoms with Gasteiger partial charge in [-0.2, -0.15) is 0 Å². The molecule has 6 rings (SSSR count). The van der Waals surface area contributed by atoms with Crippen molar-refractivity contribution in [2.75, 3.05) is 0 Å². The van der Waals surface area contributed by atoms with E-state index in [1.165, 1.54) is 17.4 Å². The predicted octanol–water partition coefficient (Wildman–Crippen LogP) is 8.34. The van der Waals surface area contributed by atoms with Gasteiger partial charge in [-0.1, -0.05) is 66.7 Å². The molecule has 0 fully saturated rings. The topological polar surface area (TPSA) is 57.0 Å². The second kappa shape index (κ2) is 12.2. The highest BCUT2D eigenvalue weighted by Gasteiger charge is 2.22. The molecule has 0 spiro atoms. The van der Waals surface area contributed by atoms with E-state index in [2.05, 4.69) is 4.98 Å². The summed E-state index contributed by atoms with van der Waals surface area (Å²) < 4.78 is 23.0. The maximum atomic E-state index is 15.3. The highest BCUT2D eigenvalue weighted by Crippen LogP contribution is 2.36. The van der Waals surface area contributed by atoms with Crippen LogP contribution in [0.5, 0.6) is 5.75 Å². The highest BCUT2D eigenvalue weighted by molar-refractivity contribution is 7.15. The summed E-state index contributed by atoms with van der Waals surface area (Å²) >= 11 is 3.08. The fourth-order valence-electron chi connectivity index (χ4n) is 4.87. The van der Waals surface area contributed by atoms with Crippen molar-refractivity contribution in [1.82, 2.24) is 14.5 Å². The number of rotatable bonds is 9. The van der Waals surface area contributed by atoms with E-state index >= 15 is 4.39 Å². The Kier molecular flexibility index (Phi) is 8.08. The number of thiazole rings is 1. The van der Waals surface area contributed by atoms with Crippen molar-refractivity contribution in [2.45, 2.75) is 33.4 Å². The van der Waals surface area contributed by atoms with Crippen molar-refractivity contribution < 1.29 is 9.13 Å². The number of aromatic nitrogens is 3. The standard InChI is InChI=1S/C34H28FN3O2S2/c1-22-20-42-33(36-22)26-18-29(41-21-26)30-23(2)37-32(38(34(30)39)17-16-24-10-5-3-6-11-24)27-14-9-15-28(35)31(27)40-19-25-12-7-4-8-13-25/h3-15,18,20-21H,16-17,19H2,1-2H3. The molecule has 0 N–H and O–H groups in total. The molecule has 5 nitrogen and oxygen atoms in total. The van der Waals surface area contributed by atoms with Crippen LogP contribution in [0.25, 0.3) is 32.4 Å². The van der Waals surface area contributed by atoms with Gasteiger partial charge < -0.3 is 4.74 Å². The molecule has 0 saturated carbocycles. The van der Waals surface area contributed by atoms with Gasteiger partial charge in [0.25, 0.3) is 5.56 Å². The Morgan fingerprint density at radius 3 is 2.31 bits per heavy atom. The maximum Gasteiger partial charge on any atom is 0.262 e. The lowest BCUT2D eigenvalue weighted by Crippen LogP contribution is -2.27. The molecule has 0 saturated heterocycles. The minimum absolute atomic E-state index is 0.0754. The lowest BCUT2D eigenvalue weighted by atomic mass is 10.1. The van der Waals surface area contributed by atoms with Crippen molar-refractivity contribution in [3.63, 3.8) is 0 Å². The van der Waals surface area contributed by atoms with Gasteiger partial charge in [0, 0.05) is 33.4 Å². The van der Waals surface area contributed by atoms with E-state index in [0.29, 0.717) is 35.6 Å². The molecule has 3 aromatic carbocycles. The first-order valence-electron chi connectivity index (χ1n) is 13.6. The second-order valence-corrected chi connectivity index (χ2v) is 11.7. The third-order valence-electron chi connectivity index (χ3n) is 6.96. The van der Waals surface area contributed by atoms with Crippen molar-refractivity contribution in [3.05, 3.63) is 134 Å². The van der Waals surface area contributed by atoms with E-state index < -0.39 is 5.82 Å². The maximum absolute atomic E-state index is 15.3. The van der Waals surface area contributed by atoms with E-state index in [9.17, 15) is 4.79 Å². The first-order chi connectivity index (χ1) is 20.5. The fourth-order valence-corrected chi connectivity index (χ4v) is 6.71. The summed E-state index contributed by atoms with van der Waals surface area (Å²) in [4.78, 5) is 24.7. The van der Waals surface area contributed by atoms with Crippen LogP contribution in [0.15, 0.2) is 100 Å². The first kappa shape index (κ1) is 27.8. The molecule has 0 aliphatic heterocycles. The summed E-state index contributed by atoms with van der Waals surface area (Å²) in [6.45, 7) is 4.36. The number of nitrogens with zero attached hydrogens (tertiary/aromatic N) is 3. The highest BCUT2D eigenvalue weighted by atomic mass is 32.1. The van der Waals surface area contributed by atoms with E-state index in [0.717, 1.165) is 32.3 Å². The summed E-state index contributed by atoms with van der Waals surface area (Å²) in [5.74, 6) is -0.0471. The number of benzene rings is 3. The number of hydrogen-bond donors (Lipinski definition) is 0. The molecular weight excluding hydrogens is 566 g/mol. The fraction of sp³-hybridized carbons (Fsp3) is 0.147. The lowest BCUT2D eigenvalue weighted by molar-refractivity contribution is 0.291. The van der Waals surface area contributed by atoms with Crippen molar-refractivity contribution >= 4 is 22.7 Å². The van der Waals surface area contributed by atoms with Crippen LogP contribution in [0, 0.1) is 19.7 Å². The van der Waals surface area contributed by atoms with E-state index in [1.54, 1.807) is 28.0 Å². The second-order valence-electron chi connectivity index (χ2n) is 9.97. The molecule has 3 aromatic heterocycles. The smallest absolute Gasteiger partial charge is 0.262 e. The number of ether oxygens (including phenoxy) is 1. The Bertz CT molecular complexity index is 1900. The molecule has 0 bridgehead atoms. The van der Waals surface area contributed by atoms with Gasteiger partial charge in [0.2, 0.25) is 0 Å². The normalized spacial score (nSPS) is 11.1. The van der Waals surface area contributed by atoms with E-state index in [1.807, 2.05) is 91.3 Å². The van der Waals surface area contributed by atoms with Gasteiger partial charge in [-0.25, -0.2) is 14.4 Å². The van der Waals surface area contributed by atoms with Gasteiger partial charge >= 0.3 is 0 Å². The van der Waals surface area contributed by atoms with Gasteiger partial charge in [0.1, 0.15) is 17.4 Å². The van der Waals surface area contributed by atoms with Crippen LogP contribution in [-0.4, -0.2) is 14.5 Å². The van der Waals surface area contributed by atoms with Crippen molar-refractivity contribution in [3.8, 4) is 38.1 Å². The quantitative estimate of drug-likeness (QED) is 0.169. The van der Waals surface area contributed by atoms with E-state index in [4.69, 9.17) is 9.72 Å². The predicted molar refractivity (Wildman–Crippen MR) is 169 cm³/mol. The molecule has 42 heavy (non-hydrogen) atoms.